The lowest BCUT2D eigenvalue weighted by molar-refractivity contribution is 0.290. The summed E-state index contributed by atoms with van der Waals surface area (Å²) in [7, 11) is 1.54. The highest BCUT2D eigenvalue weighted by Crippen LogP contribution is 2.16. The predicted octanol–water partition coefficient (Wildman–Crippen LogP) is 1.81. The Labute approximate surface area is 60.0 Å². The average molecular weight is 141 g/mol. The van der Waals surface area contributed by atoms with Gasteiger partial charge in [-0.25, -0.2) is 0 Å². The molecule has 0 N–H and O–H groups in total. The van der Waals surface area contributed by atoms with E-state index >= 15 is 0 Å². The molecule has 0 atom stereocenters. The molecule has 3 nitrogen and oxygen atoms in total. The third-order valence-corrected chi connectivity index (χ3v) is 1.27. The number of rotatable bonds is 2. The van der Waals surface area contributed by atoms with Crippen LogP contribution in [0, 0.1) is 0 Å². The zero-order valence-electron chi connectivity index (χ0n) is 6.42. The fraction of sp³-hybridized carbons (Fsp3) is 0.571. The molecule has 1 heterocycles. The van der Waals surface area contributed by atoms with Crippen LogP contribution in [-0.4, -0.2) is 12.1 Å². The summed E-state index contributed by atoms with van der Waals surface area (Å²) >= 11 is 0. The minimum atomic E-state index is 0.337. The second-order valence-electron chi connectivity index (χ2n) is 2.40. The van der Waals surface area contributed by atoms with Crippen LogP contribution in [0.15, 0.2) is 10.7 Å². The quantitative estimate of drug-likeness (QED) is 0.630. The van der Waals surface area contributed by atoms with Crippen molar-refractivity contribution in [3.63, 3.8) is 0 Å². The molecule has 0 bridgehead atoms. The van der Waals surface area contributed by atoms with E-state index in [1.807, 2.05) is 0 Å². The molecular formula is C7H11NO2. The van der Waals surface area contributed by atoms with E-state index < -0.39 is 0 Å². The van der Waals surface area contributed by atoms with Crippen molar-refractivity contribution >= 4 is 0 Å². The first kappa shape index (κ1) is 7.12. The van der Waals surface area contributed by atoms with Crippen molar-refractivity contribution in [2.75, 3.05) is 7.11 Å². The van der Waals surface area contributed by atoms with Crippen LogP contribution in [0.25, 0.3) is 0 Å². The lowest BCUT2D eigenvalue weighted by Gasteiger charge is -1.93. The number of hydrogen-bond acceptors (Lipinski definition) is 3. The molecule has 0 aliphatic heterocycles. The Morgan fingerprint density at radius 1 is 1.60 bits per heavy atom. The summed E-state index contributed by atoms with van der Waals surface area (Å²) in [5, 5.41) is 0. The van der Waals surface area contributed by atoms with Crippen molar-refractivity contribution in [3.05, 3.63) is 12.0 Å². The molecule has 0 aromatic carbocycles. The summed E-state index contributed by atoms with van der Waals surface area (Å²) in [5.41, 5.74) is 0.928. The number of nitrogens with zero attached hydrogens (tertiary/aromatic N) is 1. The molecule has 1 rings (SSSR count). The van der Waals surface area contributed by atoms with Crippen molar-refractivity contribution in [1.29, 1.82) is 0 Å². The smallest absolute Gasteiger partial charge is 0.393 e. The lowest BCUT2D eigenvalue weighted by atomic mass is 10.2. The summed E-state index contributed by atoms with van der Waals surface area (Å²) in [4.78, 5) is 4.04. The van der Waals surface area contributed by atoms with Crippen molar-refractivity contribution in [1.82, 2.24) is 4.98 Å². The molecule has 56 valence electrons. The van der Waals surface area contributed by atoms with E-state index in [0.29, 0.717) is 12.0 Å². The molecule has 0 aliphatic carbocycles. The molecular weight excluding hydrogens is 130 g/mol. The van der Waals surface area contributed by atoms with Gasteiger partial charge in [0.15, 0.2) is 0 Å². The van der Waals surface area contributed by atoms with E-state index in [2.05, 4.69) is 18.8 Å². The highest BCUT2D eigenvalue weighted by molar-refractivity contribution is 5.03. The highest BCUT2D eigenvalue weighted by Gasteiger charge is 2.05. The summed E-state index contributed by atoms with van der Waals surface area (Å²) < 4.78 is 9.71. The first-order valence-electron chi connectivity index (χ1n) is 3.23. The van der Waals surface area contributed by atoms with Crippen LogP contribution in [0.3, 0.4) is 0 Å². The number of methoxy groups -OCH3 is 1. The molecule has 1 aromatic heterocycles. The maximum Gasteiger partial charge on any atom is 0.393 e. The molecule has 0 radical (unpaired) electrons. The fourth-order valence-corrected chi connectivity index (χ4v) is 0.628. The Balaban J connectivity index is 2.78. The van der Waals surface area contributed by atoms with E-state index in [9.17, 15) is 0 Å². The SMILES string of the molecule is COc1nc(C(C)C)co1. The Bertz CT molecular complexity index is 205. The van der Waals surface area contributed by atoms with Gasteiger partial charge >= 0.3 is 6.08 Å². The zero-order chi connectivity index (χ0) is 7.56. The maximum absolute atomic E-state index is 4.94. The standard InChI is InChI=1S/C7H11NO2/c1-5(2)6-4-10-7(8-6)9-3/h4-5H,1-3H3. The second kappa shape index (κ2) is 2.73. The Kier molecular flexibility index (Phi) is 1.94. The maximum atomic E-state index is 4.94. The van der Waals surface area contributed by atoms with E-state index in [1.165, 1.54) is 7.11 Å². The first-order chi connectivity index (χ1) is 4.74. The van der Waals surface area contributed by atoms with Gasteiger partial charge in [-0.3, -0.25) is 0 Å². The number of aromatic nitrogens is 1. The summed E-state index contributed by atoms with van der Waals surface area (Å²) in [6, 6.07) is 0. The third-order valence-electron chi connectivity index (χ3n) is 1.27. The molecule has 0 saturated heterocycles. The van der Waals surface area contributed by atoms with Gasteiger partial charge in [0.25, 0.3) is 0 Å². The molecule has 10 heavy (non-hydrogen) atoms. The molecule has 0 aliphatic rings. The van der Waals surface area contributed by atoms with Crippen LogP contribution < -0.4 is 4.74 Å². The van der Waals surface area contributed by atoms with Gasteiger partial charge < -0.3 is 9.15 Å². The third kappa shape index (κ3) is 1.29. The molecule has 3 heteroatoms. The van der Waals surface area contributed by atoms with E-state index in [4.69, 9.17) is 9.15 Å². The van der Waals surface area contributed by atoms with E-state index in [1.54, 1.807) is 6.26 Å². The molecule has 0 spiro atoms. The van der Waals surface area contributed by atoms with Gasteiger partial charge in [0, 0.05) is 0 Å². The molecule has 0 unspecified atom stereocenters. The molecule has 1 aromatic rings. The van der Waals surface area contributed by atoms with Gasteiger partial charge in [-0.05, 0) is 5.92 Å². The molecule has 0 amide bonds. The highest BCUT2D eigenvalue weighted by atomic mass is 16.6. The minimum Gasteiger partial charge on any atom is -0.454 e. The largest absolute Gasteiger partial charge is 0.454 e. The second-order valence-corrected chi connectivity index (χ2v) is 2.40. The van der Waals surface area contributed by atoms with Crippen LogP contribution in [0.1, 0.15) is 25.5 Å². The average Bonchev–Trinajstić information content (AvgIpc) is 2.34. The summed E-state index contributed by atoms with van der Waals surface area (Å²) in [6.07, 6.45) is 1.95. The Morgan fingerprint density at radius 2 is 2.30 bits per heavy atom. The number of oxazole rings is 1. The van der Waals surface area contributed by atoms with Gasteiger partial charge in [0.1, 0.15) is 6.26 Å². The minimum absolute atomic E-state index is 0.337. The van der Waals surface area contributed by atoms with Crippen LogP contribution in [0.5, 0.6) is 6.08 Å². The molecule has 0 fully saturated rings. The van der Waals surface area contributed by atoms with E-state index in [0.717, 1.165) is 5.69 Å². The van der Waals surface area contributed by atoms with Crippen molar-refractivity contribution in [2.24, 2.45) is 0 Å². The van der Waals surface area contributed by atoms with Gasteiger partial charge in [0.2, 0.25) is 0 Å². The Hall–Kier alpha value is -0.990. The lowest BCUT2D eigenvalue weighted by Crippen LogP contribution is -1.87. The van der Waals surface area contributed by atoms with Crippen molar-refractivity contribution in [2.45, 2.75) is 19.8 Å². The van der Waals surface area contributed by atoms with Gasteiger partial charge in [-0.15, -0.1) is 0 Å². The van der Waals surface area contributed by atoms with Gasteiger partial charge in [-0.1, -0.05) is 13.8 Å². The number of ether oxygens (including phenoxy) is 1. The zero-order valence-corrected chi connectivity index (χ0v) is 6.42. The summed E-state index contributed by atoms with van der Waals surface area (Å²) in [5.74, 6) is 0.396. The van der Waals surface area contributed by atoms with Crippen molar-refractivity contribution in [3.8, 4) is 6.08 Å². The van der Waals surface area contributed by atoms with Crippen LogP contribution in [-0.2, 0) is 0 Å². The van der Waals surface area contributed by atoms with Gasteiger partial charge in [0.05, 0.1) is 12.8 Å². The fourth-order valence-electron chi connectivity index (χ4n) is 0.628. The van der Waals surface area contributed by atoms with E-state index in [-0.39, 0.29) is 0 Å². The predicted molar refractivity (Wildman–Crippen MR) is 37.1 cm³/mol. The normalized spacial score (nSPS) is 10.4. The van der Waals surface area contributed by atoms with Crippen LogP contribution >= 0.6 is 0 Å². The first-order valence-corrected chi connectivity index (χ1v) is 3.23. The number of hydrogen-bond donors (Lipinski definition) is 0. The van der Waals surface area contributed by atoms with Gasteiger partial charge in [-0.2, -0.15) is 4.98 Å². The molecule has 0 saturated carbocycles. The topological polar surface area (TPSA) is 35.3 Å². The van der Waals surface area contributed by atoms with Crippen LogP contribution in [0.2, 0.25) is 0 Å². The van der Waals surface area contributed by atoms with Crippen LogP contribution in [0.4, 0.5) is 0 Å². The Morgan fingerprint density at radius 3 is 2.60 bits per heavy atom. The van der Waals surface area contributed by atoms with Crippen molar-refractivity contribution < 1.29 is 9.15 Å². The monoisotopic (exact) mass is 141 g/mol. The summed E-state index contributed by atoms with van der Waals surface area (Å²) in [6.45, 7) is 4.11.